The topological polar surface area (TPSA) is 82.4 Å². The Morgan fingerprint density at radius 1 is 0.769 bits per heavy atom. The lowest BCUT2D eigenvalue weighted by Crippen LogP contribution is -2.25. The number of hydrogen-bond donors (Lipinski definition) is 0. The second-order valence-electron chi connectivity index (χ2n) is 13.4. The zero-order valence-corrected chi connectivity index (χ0v) is 29.6. The summed E-state index contributed by atoms with van der Waals surface area (Å²) in [5.74, 6) is -19.9. The standard InChI is InChI=1S/C37H40F8N2O5/c1-7-17(4)23-26(38)28(40)24(29(41)27(23)39)35-46-47-36(51-35)25-30(42)32(44)34(33(45)31(25)43)50-20(11-10-18(5)52-37(6,8-2)9-3)12-19(13-21-15-48-21)14-22-16-49-22/h10-11,17,19,21-22H,7-9,12-16H2,1-6H3/b18-10+,20-11+/t17-,19?,21?,22?/m1/s1. The molecule has 0 spiro atoms. The first-order chi connectivity index (χ1) is 24.6. The first-order valence-corrected chi connectivity index (χ1v) is 17.2. The van der Waals surface area contributed by atoms with Crippen molar-refractivity contribution in [2.75, 3.05) is 13.2 Å². The number of nitrogens with zero attached hydrogens (tertiary/aromatic N) is 2. The Morgan fingerprint density at radius 2 is 1.23 bits per heavy atom. The summed E-state index contributed by atoms with van der Waals surface area (Å²) in [6.07, 6.45) is 5.64. The van der Waals surface area contributed by atoms with Gasteiger partial charge in [-0.05, 0) is 69.9 Å². The van der Waals surface area contributed by atoms with E-state index >= 15 is 17.6 Å². The molecule has 2 unspecified atom stereocenters. The summed E-state index contributed by atoms with van der Waals surface area (Å²) in [6, 6.07) is 0. The van der Waals surface area contributed by atoms with E-state index in [2.05, 4.69) is 10.2 Å². The van der Waals surface area contributed by atoms with Crippen LogP contribution in [0.3, 0.4) is 0 Å². The molecule has 2 aliphatic rings. The van der Waals surface area contributed by atoms with Gasteiger partial charge in [0, 0.05) is 12.0 Å². The van der Waals surface area contributed by atoms with Crippen LogP contribution in [0.5, 0.6) is 5.75 Å². The molecular formula is C37H40F8N2O5. The van der Waals surface area contributed by atoms with E-state index in [0.717, 1.165) is 0 Å². The number of allylic oxidation sites excluding steroid dienone is 4. The molecule has 2 aromatic carbocycles. The number of hydrogen-bond acceptors (Lipinski definition) is 7. The molecule has 0 bridgehead atoms. The van der Waals surface area contributed by atoms with Gasteiger partial charge in [-0.2, -0.15) is 8.78 Å². The van der Waals surface area contributed by atoms with Crippen molar-refractivity contribution in [3.05, 3.63) is 75.8 Å². The summed E-state index contributed by atoms with van der Waals surface area (Å²) in [4.78, 5) is 0. The van der Waals surface area contributed by atoms with E-state index in [1.807, 2.05) is 20.8 Å². The third-order valence-corrected chi connectivity index (χ3v) is 9.61. The monoisotopic (exact) mass is 744 g/mol. The zero-order valence-electron chi connectivity index (χ0n) is 29.6. The van der Waals surface area contributed by atoms with Crippen molar-refractivity contribution >= 4 is 0 Å². The molecule has 0 radical (unpaired) electrons. The molecule has 0 N–H and O–H groups in total. The molecule has 3 heterocycles. The van der Waals surface area contributed by atoms with Crippen LogP contribution in [0.1, 0.15) is 91.5 Å². The second kappa shape index (κ2) is 15.9. The maximum Gasteiger partial charge on any atom is 0.254 e. The quantitative estimate of drug-likeness (QED) is 0.0447. The SMILES string of the molecule is CC[C@@H](C)c1c(F)c(F)c(-c2nnc(-c3c(F)c(F)c(O/C(=C/C=C(\C)OC(C)(CC)CC)CC(CC4CO4)CC4CO4)c(F)c3F)o2)c(F)c1F. The molecule has 1 aromatic heterocycles. The number of ether oxygens (including phenoxy) is 4. The molecule has 7 nitrogen and oxygen atoms in total. The molecule has 2 fully saturated rings. The van der Waals surface area contributed by atoms with Crippen LogP contribution in [0.25, 0.3) is 22.9 Å². The highest BCUT2D eigenvalue weighted by atomic mass is 19.2. The first-order valence-electron chi connectivity index (χ1n) is 17.2. The second-order valence-corrected chi connectivity index (χ2v) is 13.4. The fraction of sp³-hybridized carbons (Fsp3) is 0.514. The van der Waals surface area contributed by atoms with Gasteiger partial charge < -0.3 is 23.4 Å². The highest BCUT2D eigenvalue weighted by Crippen LogP contribution is 2.41. The van der Waals surface area contributed by atoms with Crippen LogP contribution in [-0.2, 0) is 14.2 Å². The number of benzene rings is 2. The average Bonchev–Trinajstić information content (AvgIpc) is 4.07. The van der Waals surface area contributed by atoms with Crippen molar-refractivity contribution < 1.29 is 58.5 Å². The highest BCUT2D eigenvalue weighted by molar-refractivity contribution is 5.62. The molecule has 52 heavy (non-hydrogen) atoms. The number of epoxide rings is 2. The number of halogens is 8. The number of aromatic nitrogens is 2. The summed E-state index contributed by atoms with van der Waals surface area (Å²) in [6.45, 7) is 11.5. The van der Waals surface area contributed by atoms with Crippen LogP contribution < -0.4 is 4.74 Å². The smallest absolute Gasteiger partial charge is 0.254 e. The maximum absolute atomic E-state index is 15.6. The molecule has 0 saturated carbocycles. The Kier molecular flexibility index (Phi) is 12.0. The minimum absolute atomic E-state index is 0.0184. The molecule has 0 aliphatic carbocycles. The third kappa shape index (κ3) is 8.46. The van der Waals surface area contributed by atoms with E-state index in [1.54, 1.807) is 13.8 Å². The van der Waals surface area contributed by atoms with Gasteiger partial charge in [-0.3, -0.25) is 0 Å². The van der Waals surface area contributed by atoms with Crippen LogP contribution in [0.15, 0.2) is 28.1 Å². The van der Waals surface area contributed by atoms with Gasteiger partial charge in [-0.1, -0.05) is 27.7 Å². The van der Waals surface area contributed by atoms with Gasteiger partial charge >= 0.3 is 0 Å². The molecule has 5 rings (SSSR count). The summed E-state index contributed by atoms with van der Waals surface area (Å²) in [7, 11) is 0. The van der Waals surface area contributed by atoms with Crippen molar-refractivity contribution in [1.82, 2.24) is 10.2 Å². The van der Waals surface area contributed by atoms with Gasteiger partial charge in [0.15, 0.2) is 34.9 Å². The van der Waals surface area contributed by atoms with Gasteiger partial charge in [0.25, 0.3) is 11.8 Å². The van der Waals surface area contributed by atoms with Crippen molar-refractivity contribution in [3.63, 3.8) is 0 Å². The normalized spacial score (nSPS) is 18.8. The van der Waals surface area contributed by atoms with E-state index in [0.29, 0.717) is 44.7 Å². The predicted molar refractivity (Wildman–Crippen MR) is 173 cm³/mol. The molecule has 3 aromatic rings. The summed E-state index contributed by atoms with van der Waals surface area (Å²) in [5.41, 5.74) is -4.36. The largest absolute Gasteiger partial charge is 0.492 e. The molecule has 3 atom stereocenters. The first kappa shape index (κ1) is 39.2. The molecule has 15 heteroatoms. The number of rotatable bonds is 17. The lowest BCUT2D eigenvalue weighted by atomic mass is 9.93. The lowest BCUT2D eigenvalue weighted by molar-refractivity contribution is 0.0123. The Balaban J connectivity index is 1.51. The lowest BCUT2D eigenvalue weighted by Gasteiger charge is -2.28. The van der Waals surface area contributed by atoms with Crippen LogP contribution in [0.2, 0.25) is 0 Å². The Bertz CT molecular complexity index is 1780. The van der Waals surface area contributed by atoms with Crippen molar-refractivity contribution in [2.24, 2.45) is 5.92 Å². The van der Waals surface area contributed by atoms with Gasteiger partial charge in [0.2, 0.25) is 17.4 Å². The van der Waals surface area contributed by atoms with Crippen LogP contribution in [0, 0.1) is 52.5 Å². The zero-order chi connectivity index (χ0) is 38.1. The van der Waals surface area contributed by atoms with E-state index in [-0.39, 0.29) is 36.7 Å². The molecule has 2 aliphatic heterocycles. The van der Waals surface area contributed by atoms with Gasteiger partial charge in [-0.25, -0.2) is 26.3 Å². The van der Waals surface area contributed by atoms with Gasteiger partial charge in [0.1, 0.15) is 22.5 Å². The van der Waals surface area contributed by atoms with Crippen molar-refractivity contribution in [3.8, 4) is 28.7 Å². The van der Waals surface area contributed by atoms with Gasteiger partial charge in [0.05, 0.1) is 31.2 Å². The predicted octanol–water partition coefficient (Wildman–Crippen LogP) is 10.4. The fourth-order valence-electron chi connectivity index (χ4n) is 5.79. The van der Waals surface area contributed by atoms with E-state index in [1.165, 1.54) is 19.1 Å². The summed E-state index contributed by atoms with van der Waals surface area (Å²) in [5, 5.41) is 6.52. The summed E-state index contributed by atoms with van der Waals surface area (Å²) < 4.78 is 149. The van der Waals surface area contributed by atoms with Crippen molar-refractivity contribution in [1.29, 1.82) is 0 Å². The molecule has 284 valence electrons. The minimum Gasteiger partial charge on any atom is -0.492 e. The van der Waals surface area contributed by atoms with Crippen LogP contribution in [0.4, 0.5) is 35.1 Å². The van der Waals surface area contributed by atoms with Crippen LogP contribution >= 0.6 is 0 Å². The highest BCUT2D eigenvalue weighted by Gasteiger charge is 2.36. The fourth-order valence-corrected chi connectivity index (χ4v) is 5.79. The van der Waals surface area contributed by atoms with E-state index in [4.69, 9.17) is 23.4 Å². The molecular weight excluding hydrogens is 704 g/mol. The minimum atomic E-state index is -2.04. The Hall–Kier alpha value is -3.98. The Labute approximate surface area is 296 Å². The van der Waals surface area contributed by atoms with Gasteiger partial charge in [-0.15, -0.1) is 10.2 Å². The third-order valence-electron chi connectivity index (χ3n) is 9.61. The van der Waals surface area contributed by atoms with E-state index < -0.39 is 92.3 Å². The maximum atomic E-state index is 15.6. The molecule has 2 saturated heterocycles. The van der Waals surface area contributed by atoms with Crippen LogP contribution in [-0.4, -0.2) is 41.2 Å². The van der Waals surface area contributed by atoms with E-state index in [9.17, 15) is 17.6 Å². The average molecular weight is 745 g/mol. The summed E-state index contributed by atoms with van der Waals surface area (Å²) >= 11 is 0. The Morgan fingerprint density at radius 3 is 1.65 bits per heavy atom. The molecule has 0 amide bonds. The van der Waals surface area contributed by atoms with Crippen molar-refractivity contribution in [2.45, 2.75) is 104 Å².